The van der Waals surface area contributed by atoms with Crippen LogP contribution >= 0.6 is 0 Å². The molecule has 1 fully saturated rings. The minimum absolute atomic E-state index is 0.0572. The Bertz CT molecular complexity index is 756. The van der Waals surface area contributed by atoms with Gasteiger partial charge in [0.15, 0.2) is 6.61 Å². The molecule has 3 rings (SSSR count). The molecule has 0 atom stereocenters. The number of carbonyl (C=O) groups is 2. The van der Waals surface area contributed by atoms with Gasteiger partial charge in [0.25, 0.3) is 5.91 Å². The van der Waals surface area contributed by atoms with Gasteiger partial charge in [0, 0.05) is 24.3 Å². The number of nitrogens with one attached hydrogen (secondary N) is 1. The lowest BCUT2D eigenvalue weighted by atomic mass is 10.2. The van der Waals surface area contributed by atoms with Crippen LogP contribution in [0.4, 0.5) is 11.4 Å². The van der Waals surface area contributed by atoms with Gasteiger partial charge in [-0.15, -0.1) is 0 Å². The molecular weight excluding hydrogens is 316 g/mol. The van der Waals surface area contributed by atoms with Gasteiger partial charge in [-0.2, -0.15) is 0 Å². The van der Waals surface area contributed by atoms with Crippen LogP contribution in [0.3, 0.4) is 0 Å². The summed E-state index contributed by atoms with van der Waals surface area (Å²) in [6, 6.07) is 15.0. The van der Waals surface area contributed by atoms with Gasteiger partial charge in [-0.3, -0.25) is 9.59 Å². The number of hydrogen-bond acceptors (Lipinski definition) is 3. The van der Waals surface area contributed by atoms with Crippen molar-refractivity contribution in [1.29, 1.82) is 0 Å². The second kappa shape index (κ2) is 7.83. The first-order valence-electron chi connectivity index (χ1n) is 8.57. The van der Waals surface area contributed by atoms with Gasteiger partial charge in [-0.05, 0) is 48.7 Å². The normalized spacial score (nSPS) is 13.8. The molecular formula is C20H22N2O3. The van der Waals surface area contributed by atoms with Gasteiger partial charge >= 0.3 is 0 Å². The lowest BCUT2D eigenvalue weighted by molar-refractivity contribution is -0.118. The van der Waals surface area contributed by atoms with Gasteiger partial charge in [0.05, 0.1) is 0 Å². The van der Waals surface area contributed by atoms with E-state index in [1.54, 1.807) is 11.0 Å². The predicted octanol–water partition coefficient (Wildman–Crippen LogP) is 3.39. The van der Waals surface area contributed by atoms with E-state index in [9.17, 15) is 9.59 Å². The largest absolute Gasteiger partial charge is 0.484 e. The Morgan fingerprint density at radius 3 is 2.68 bits per heavy atom. The second-order valence-corrected chi connectivity index (χ2v) is 6.03. The molecule has 0 aliphatic carbocycles. The summed E-state index contributed by atoms with van der Waals surface area (Å²) in [5.41, 5.74) is 2.70. The first-order chi connectivity index (χ1) is 12.2. The minimum atomic E-state index is -0.232. The molecule has 1 aliphatic heterocycles. The monoisotopic (exact) mass is 338 g/mol. The van der Waals surface area contributed by atoms with Gasteiger partial charge in [0.2, 0.25) is 5.91 Å². The molecule has 2 amide bonds. The SMILES string of the molecule is CCc1ccc(OCC(=O)Nc2cccc(N3CCCC3=O)c2)cc1. The molecule has 130 valence electrons. The molecule has 1 saturated heterocycles. The molecule has 2 aromatic rings. The molecule has 0 bridgehead atoms. The van der Waals surface area contributed by atoms with Crippen molar-refractivity contribution >= 4 is 23.2 Å². The summed E-state index contributed by atoms with van der Waals surface area (Å²) < 4.78 is 5.51. The van der Waals surface area contributed by atoms with Crippen molar-refractivity contribution in [2.24, 2.45) is 0 Å². The first-order valence-corrected chi connectivity index (χ1v) is 8.57. The predicted molar refractivity (Wildman–Crippen MR) is 98.0 cm³/mol. The summed E-state index contributed by atoms with van der Waals surface area (Å²) in [7, 11) is 0. The Labute approximate surface area is 147 Å². The van der Waals surface area contributed by atoms with E-state index in [0.717, 1.165) is 25.1 Å². The number of benzene rings is 2. The summed E-state index contributed by atoms with van der Waals surface area (Å²) in [6.07, 6.45) is 2.43. The molecule has 25 heavy (non-hydrogen) atoms. The standard InChI is InChI=1S/C20H22N2O3/c1-2-15-8-10-18(11-9-15)25-14-19(23)21-16-5-3-6-17(13-16)22-12-4-7-20(22)24/h3,5-6,8-11,13H,2,4,7,12,14H2,1H3,(H,21,23). The molecule has 0 aromatic heterocycles. The topological polar surface area (TPSA) is 58.6 Å². The third kappa shape index (κ3) is 4.38. The van der Waals surface area contributed by atoms with Crippen LogP contribution in [-0.2, 0) is 16.0 Å². The molecule has 5 nitrogen and oxygen atoms in total. The lowest BCUT2D eigenvalue weighted by Gasteiger charge is -2.16. The highest BCUT2D eigenvalue weighted by molar-refractivity contribution is 5.97. The van der Waals surface area contributed by atoms with Crippen LogP contribution in [0, 0.1) is 0 Å². The molecule has 0 unspecified atom stereocenters. The molecule has 2 aromatic carbocycles. The van der Waals surface area contributed by atoms with E-state index in [2.05, 4.69) is 12.2 Å². The molecule has 0 radical (unpaired) electrons. The quantitative estimate of drug-likeness (QED) is 0.878. The van der Waals surface area contributed by atoms with Crippen LogP contribution in [0.1, 0.15) is 25.3 Å². The van der Waals surface area contributed by atoms with Crippen LogP contribution in [-0.4, -0.2) is 25.0 Å². The van der Waals surface area contributed by atoms with Crippen molar-refractivity contribution < 1.29 is 14.3 Å². The number of hydrogen-bond donors (Lipinski definition) is 1. The number of carbonyl (C=O) groups excluding carboxylic acids is 2. The van der Waals surface area contributed by atoms with Gasteiger partial charge < -0.3 is 15.0 Å². The van der Waals surface area contributed by atoms with Crippen LogP contribution in [0.5, 0.6) is 5.75 Å². The molecule has 0 saturated carbocycles. The number of nitrogens with zero attached hydrogens (tertiary/aromatic N) is 1. The Balaban J connectivity index is 1.56. The Kier molecular flexibility index (Phi) is 5.33. The third-order valence-corrected chi connectivity index (χ3v) is 4.22. The van der Waals surface area contributed by atoms with Crippen molar-refractivity contribution in [2.45, 2.75) is 26.2 Å². The van der Waals surface area contributed by atoms with E-state index < -0.39 is 0 Å². The van der Waals surface area contributed by atoms with Crippen molar-refractivity contribution in [1.82, 2.24) is 0 Å². The van der Waals surface area contributed by atoms with Crippen LogP contribution in [0.2, 0.25) is 0 Å². The summed E-state index contributed by atoms with van der Waals surface area (Å²) in [5.74, 6) is 0.565. The molecule has 5 heteroatoms. The Hall–Kier alpha value is -2.82. The van der Waals surface area contributed by atoms with Gasteiger partial charge in [0.1, 0.15) is 5.75 Å². The maximum atomic E-state index is 12.1. The summed E-state index contributed by atoms with van der Waals surface area (Å²) in [6.45, 7) is 2.76. The fraction of sp³-hybridized carbons (Fsp3) is 0.300. The van der Waals surface area contributed by atoms with Crippen molar-refractivity contribution in [3.05, 3.63) is 54.1 Å². The number of anilines is 2. The summed E-state index contributed by atoms with van der Waals surface area (Å²) in [4.78, 5) is 25.7. The lowest BCUT2D eigenvalue weighted by Crippen LogP contribution is -2.24. The zero-order valence-corrected chi connectivity index (χ0v) is 14.3. The van der Waals surface area contributed by atoms with E-state index in [1.807, 2.05) is 42.5 Å². The van der Waals surface area contributed by atoms with E-state index in [0.29, 0.717) is 17.9 Å². The van der Waals surface area contributed by atoms with Crippen molar-refractivity contribution in [2.75, 3.05) is 23.4 Å². The average molecular weight is 338 g/mol. The fourth-order valence-corrected chi connectivity index (χ4v) is 2.84. The number of amides is 2. The van der Waals surface area contributed by atoms with E-state index >= 15 is 0 Å². The highest BCUT2D eigenvalue weighted by Crippen LogP contribution is 2.24. The second-order valence-electron chi connectivity index (χ2n) is 6.03. The highest BCUT2D eigenvalue weighted by Gasteiger charge is 2.21. The zero-order chi connectivity index (χ0) is 17.6. The van der Waals surface area contributed by atoms with E-state index in [4.69, 9.17) is 4.74 Å². The summed E-state index contributed by atoms with van der Waals surface area (Å²) in [5, 5.41) is 2.81. The third-order valence-electron chi connectivity index (χ3n) is 4.22. The molecule has 1 N–H and O–H groups in total. The average Bonchev–Trinajstić information content (AvgIpc) is 3.06. The number of rotatable bonds is 6. The van der Waals surface area contributed by atoms with E-state index in [-0.39, 0.29) is 18.4 Å². The molecule has 1 aliphatic rings. The number of aryl methyl sites for hydroxylation is 1. The highest BCUT2D eigenvalue weighted by atomic mass is 16.5. The maximum absolute atomic E-state index is 12.1. The van der Waals surface area contributed by atoms with Crippen LogP contribution in [0.25, 0.3) is 0 Å². The Morgan fingerprint density at radius 1 is 1.20 bits per heavy atom. The first kappa shape index (κ1) is 17.0. The van der Waals surface area contributed by atoms with Crippen molar-refractivity contribution in [3.8, 4) is 5.75 Å². The maximum Gasteiger partial charge on any atom is 0.262 e. The zero-order valence-electron chi connectivity index (χ0n) is 14.3. The molecule has 1 heterocycles. The number of ether oxygens (including phenoxy) is 1. The van der Waals surface area contributed by atoms with E-state index in [1.165, 1.54) is 5.56 Å². The van der Waals surface area contributed by atoms with Crippen LogP contribution < -0.4 is 15.0 Å². The van der Waals surface area contributed by atoms with Crippen molar-refractivity contribution in [3.63, 3.8) is 0 Å². The molecule has 0 spiro atoms. The smallest absolute Gasteiger partial charge is 0.262 e. The summed E-state index contributed by atoms with van der Waals surface area (Å²) >= 11 is 0. The minimum Gasteiger partial charge on any atom is -0.484 e. The van der Waals surface area contributed by atoms with Gasteiger partial charge in [-0.25, -0.2) is 0 Å². The van der Waals surface area contributed by atoms with Gasteiger partial charge in [-0.1, -0.05) is 25.1 Å². The van der Waals surface area contributed by atoms with Crippen LogP contribution in [0.15, 0.2) is 48.5 Å². The Morgan fingerprint density at radius 2 is 2.00 bits per heavy atom. The fourth-order valence-electron chi connectivity index (χ4n) is 2.84.